The number of ether oxygens (including phenoxy) is 2. The van der Waals surface area contributed by atoms with E-state index >= 15 is 0 Å². The van der Waals surface area contributed by atoms with Gasteiger partial charge in [-0.15, -0.1) is 0 Å². The molecule has 1 unspecified atom stereocenters. The summed E-state index contributed by atoms with van der Waals surface area (Å²) in [5.41, 5.74) is 1.65. The van der Waals surface area contributed by atoms with Crippen LogP contribution in [0.2, 0.25) is 44.8 Å². The van der Waals surface area contributed by atoms with Crippen LogP contribution in [0.25, 0.3) is 0 Å². The van der Waals surface area contributed by atoms with E-state index in [-0.39, 0.29) is 42.2 Å². The van der Waals surface area contributed by atoms with Gasteiger partial charge in [-0.25, -0.2) is 0 Å². The summed E-state index contributed by atoms with van der Waals surface area (Å²) >= 11 is 0. The molecule has 210 valence electrons. The van der Waals surface area contributed by atoms with E-state index in [0.29, 0.717) is 23.8 Å². The van der Waals surface area contributed by atoms with Crippen LogP contribution in [0, 0.1) is 29.6 Å². The van der Waals surface area contributed by atoms with Crippen LogP contribution in [0.1, 0.15) is 59.8 Å². The molecule has 2 aliphatic carbocycles. The monoisotopic (exact) mass is 548 g/mol. The van der Waals surface area contributed by atoms with Gasteiger partial charge in [0.25, 0.3) is 0 Å². The molecule has 0 aromatic carbocycles. The maximum atomic E-state index is 13.7. The fourth-order valence-electron chi connectivity index (χ4n) is 7.69. The van der Waals surface area contributed by atoms with E-state index in [4.69, 9.17) is 9.47 Å². The third kappa shape index (κ3) is 6.03. The summed E-state index contributed by atoms with van der Waals surface area (Å²) < 4.78 is 12.7. The van der Waals surface area contributed by atoms with E-state index in [2.05, 4.69) is 78.3 Å². The lowest BCUT2D eigenvalue weighted by Crippen LogP contribution is -2.70. The Kier molecular flexibility index (Phi) is 9.13. The van der Waals surface area contributed by atoms with Gasteiger partial charge in [-0.3, -0.25) is 9.59 Å². The lowest BCUT2D eigenvalue weighted by atomic mass is 9.64. The molecule has 37 heavy (non-hydrogen) atoms. The maximum Gasteiger partial charge on any atom is 0.308 e. The molecule has 0 aromatic heterocycles. The smallest absolute Gasteiger partial charge is 0.308 e. The molecule has 0 aromatic rings. The summed E-state index contributed by atoms with van der Waals surface area (Å²) in [6.07, 6.45) is 9.21. The maximum absolute atomic E-state index is 13.7. The molecular weight excluding hydrogens is 496 g/mol. The number of carbonyl (C=O) groups is 2. The topological polar surface area (TPSA) is 72.8 Å². The molecule has 0 radical (unpaired) electrons. The fourth-order valence-corrected chi connectivity index (χ4v) is 16.4. The van der Waals surface area contributed by atoms with Crippen molar-refractivity contribution >= 4 is 28.1 Å². The second-order valence-corrected chi connectivity index (χ2v) is 24.9. The summed E-state index contributed by atoms with van der Waals surface area (Å²) in [5, 5.41) is 9.67. The van der Waals surface area contributed by atoms with Crippen molar-refractivity contribution in [2.45, 2.75) is 122 Å². The third-order valence-electron chi connectivity index (χ3n) is 9.41. The molecule has 1 fully saturated rings. The number of aliphatic hydroxyl groups is 1. The first-order valence-corrected chi connectivity index (χ1v) is 21.6. The number of rotatable bonds is 8. The summed E-state index contributed by atoms with van der Waals surface area (Å²) in [4.78, 5) is 25.7. The molecule has 0 bridgehead atoms. The molecule has 1 aliphatic heterocycles. The molecule has 3 aliphatic rings. The van der Waals surface area contributed by atoms with Crippen molar-refractivity contribution in [3.05, 3.63) is 23.8 Å². The van der Waals surface area contributed by atoms with Gasteiger partial charge >= 0.3 is 11.9 Å². The summed E-state index contributed by atoms with van der Waals surface area (Å²) in [7, 11) is -3.91. The number of aliphatic hydroxyl groups excluding tert-OH is 1. The number of esters is 2. The Hall–Kier alpha value is -1.19. The van der Waals surface area contributed by atoms with Crippen molar-refractivity contribution in [3.8, 4) is 0 Å². The molecule has 1 saturated heterocycles. The molecule has 5 nitrogen and oxygen atoms in total. The summed E-state index contributed by atoms with van der Waals surface area (Å²) in [6.45, 7) is 23.2. The van der Waals surface area contributed by atoms with Crippen molar-refractivity contribution in [1.82, 2.24) is 0 Å². The number of carbonyl (C=O) groups excluding carboxylic acids is 2. The Morgan fingerprint density at radius 2 is 1.81 bits per heavy atom. The van der Waals surface area contributed by atoms with Crippen LogP contribution in [-0.4, -0.2) is 50.6 Å². The number of cyclic esters (lactones) is 1. The van der Waals surface area contributed by atoms with Gasteiger partial charge in [0, 0.05) is 12.3 Å². The van der Waals surface area contributed by atoms with Gasteiger partial charge in [0.1, 0.15) is 11.3 Å². The predicted molar refractivity (Wildman–Crippen MR) is 156 cm³/mol. The van der Waals surface area contributed by atoms with Crippen molar-refractivity contribution in [1.29, 1.82) is 0 Å². The fraction of sp³-hybridized carbons (Fsp3) is 0.800. The number of fused-ring (bicyclic) bond motifs is 1. The van der Waals surface area contributed by atoms with Crippen molar-refractivity contribution in [2.24, 2.45) is 29.6 Å². The minimum absolute atomic E-state index is 0.0492. The van der Waals surface area contributed by atoms with Crippen LogP contribution in [0.3, 0.4) is 0 Å². The highest BCUT2D eigenvalue weighted by atomic mass is 28.3. The van der Waals surface area contributed by atoms with E-state index < -0.39 is 27.5 Å². The van der Waals surface area contributed by atoms with E-state index in [9.17, 15) is 14.7 Å². The summed E-state index contributed by atoms with van der Waals surface area (Å²) in [6, 6.07) is 0. The van der Waals surface area contributed by atoms with Gasteiger partial charge in [0.15, 0.2) is 0 Å². The van der Waals surface area contributed by atoms with Gasteiger partial charge in [-0.05, 0) is 48.1 Å². The van der Waals surface area contributed by atoms with Gasteiger partial charge < -0.3 is 14.6 Å². The van der Waals surface area contributed by atoms with Gasteiger partial charge in [-0.1, -0.05) is 85.2 Å². The molecule has 3 rings (SSSR count). The van der Waals surface area contributed by atoms with Gasteiger partial charge in [0.05, 0.1) is 34.6 Å². The van der Waals surface area contributed by atoms with E-state index in [1.807, 2.05) is 6.92 Å². The zero-order chi connectivity index (χ0) is 27.9. The molecule has 1 N–H and O–H groups in total. The Balaban J connectivity index is 2.14. The molecule has 0 amide bonds. The van der Waals surface area contributed by atoms with Crippen LogP contribution in [0.15, 0.2) is 23.8 Å². The number of hydrogen-bond acceptors (Lipinski definition) is 5. The lowest BCUT2D eigenvalue weighted by Gasteiger charge is -2.62. The highest BCUT2D eigenvalue weighted by molar-refractivity contribution is 6.85. The van der Waals surface area contributed by atoms with E-state index in [1.165, 1.54) is 5.57 Å². The summed E-state index contributed by atoms with van der Waals surface area (Å²) in [5.74, 6) is 0.583. The van der Waals surface area contributed by atoms with Crippen LogP contribution in [0.5, 0.6) is 0 Å². The molecule has 9 atom stereocenters. The average molecular weight is 549 g/mol. The molecular formula is C30H52O5Si2. The van der Waals surface area contributed by atoms with Crippen LogP contribution >= 0.6 is 0 Å². The van der Waals surface area contributed by atoms with Crippen LogP contribution in [-0.2, 0) is 19.1 Å². The molecule has 7 heteroatoms. The van der Waals surface area contributed by atoms with Crippen LogP contribution < -0.4 is 0 Å². The minimum atomic E-state index is -2.12. The van der Waals surface area contributed by atoms with Gasteiger partial charge in [-0.2, -0.15) is 0 Å². The lowest BCUT2D eigenvalue weighted by molar-refractivity contribution is -0.166. The molecule has 0 spiro atoms. The predicted octanol–water partition coefficient (Wildman–Crippen LogP) is 6.76. The Bertz CT molecular complexity index is 914. The second-order valence-electron chi connectivity index (χ2n) is 14.3. The first kappa shape index (κ1) is 30.4. The largest absolute Gasteiger partial charge is 0.462 e. The Labute approximate surface area is 227 Å². The first-order chi connectivity index (χ1) is 17.0. The second kappa shape index (κ2) is 11.1. The van der Waals surface area contributed by atoms with Crippen molar-refractivity contribution in [2.75, 3.05) is 0 Å². The molecule has 1 heterocycles. The molecule has 0 saturated carbocycles. The average Bonchev–Trinajstić information content (AvgIpc) is 2.75. The first-order valence-electron chi connectivity index (χ1n) is 14.5. The highest BCUT2D eigenvalue weighted by Crippen LogP contribution is 2.61. The zero-order valence-corrected chi connectivity index (χ0v) is 27.0. The normalized spacial score (nSPS) is 37.3. The minimum Gasteiger partial charge on any atom is -0.462 e. The van der Waals surface area contributed by atoms with E-state index in [0.717, 1.165) is 19.3 Å². The van der Waals surface area contributed by atoms with Crippen molar-refractivity contribution in [3.63, 3.8) is 0 Å². The Morgan fingerprint density at radius 3 is 2.35 bits per heavy atom. The van der Waals surface area contributed by atoms with Crippen LogP contribution in [0.4, 0.5) is 0 Å². The number of allylic oxidation sites excluding steroid dienone is 3. The van der Waals surface area contributed by atoms with Crippen molar-refractivity contribution < 1.29 is 24.2 Å². The Morgan fingerprint density at radius 1 is 1.16 bits per heavy atom. The third-order valence-corrected chi connectivity index (χ3v) is 15.6. The quantitative estimate of drug-likeness (QED) is 0.268. The van der Waals surface area contributed by atoms with Gasteiger partial charge in [0.2, 0.25) is 0 Å². The van der Waals surface area contributed by atoms with E-state index in [1.54, 1.807) is 0 Å². The highest BCUT2D eigenvalue weighted by Gasteiger charge is 2.65. The zero-order valence-electron chi connectivity index (χ0n) is 25.0. The number of hydrogen-bond donors (Lipinski definition) is 1. The SMILES string of the molecule is CC[C@H](C)C(=O)O[C@@]1([Si](C)(C)C)C([Si](C)(C)C)[C@H](C)C=C2C=C[C@H](C)[C@H](CC[C@@H]3C[C@@H](O)CC(=O)O3)[C@H]21. The standard InChI is InChI=1S/C30H52O5Si2/c1-11-19(2)29(33)35-30(37(8,9)10)27-22(16-21(4)28(30)36(5,6)7)13-12-20(3)25(27)15-14-24-17-23(31)18-26(32)34-24/h12-13,16,19-21,23-25,27-28,31H,11,14-15,17-18H2,1-10H3/t19-,20-,21+,23+,24+,25-,27-,28?,30-/m0/s1.